The van der Waals surface area contributed by atoms with Crippen LogP contribution in [0.5, 0.6) is 0 Å². The van der Waals surface area contributed by atoms with Crippen molar-refractivity contribution in [2.24, 2.45) is 0 Å². The zero-order valence-corrected chi connectivity index (χ0v) is 12.1. The molecule has 1 aromatic rings. The fourth-order valence-corrected chi connectivity index (χ4v) is 1.93. The minimum atomic E-state index is -0.636. The lowest BCUT2D eigenvalue weighted by molar-refractivity contribution is 0.196. The van der Waals surface area contributed by atoms with E-state index < -0.39 is 5.82 Å². The summed E-state index contributed by atoms with van der Waals surface area (Å²) in [6.07, 6.45) is 0.837. The van der Waals surface area contributed by atoms with Crippen molar-refractivity contribution in [3.05, 3.63) is 28.0 Å². The maximum Gasteiger partial charge on any atom is 0.170 e. The van der Waals surface area contributed by atoms with Crippen molar-refractivity contribution in [1.82, 2.24) is 5.32 Å². The molecule has 18 heavy (non-hydrogen) atoms. The number of nitrogens with one attached hydrogen (secondary N) is 2. The standard InChI is InChI=1S/C11H13Cl2FN2OS/c1-17-4-2-3-15-11(18)16-7-5-8(12)10(14)9(13)6-7/h5-6H,2-4H2,1H3,(H2,15,16,18). The van der Waals surface area contributed by atoms with E-state index in [4.69, 9.17) is 40.2 Å². The number of ether oxygens (including phenoxy) is 1. The first-order valence-corrected chi connectivity index (χ1v) is 6.39. The minimum Gasteiger partial charge on any atom is -0.385 e. The van der Waals surface area contributed by atoms with Crippen LogP contribution in [0.15, 0.2) is 12.1 Å². The molecule has 0 atom stereocenters. The molecule has 0 heterocycles. The van der Waals surface area contributed by atoms with Crippen LogP contribution < -0.4 is 10.6 Å². The highest BCUT2D eigenvalue weighted by molar-refractivity contribution is 7.80. The molecule has 0 fully saturated rings. The first-order chi connectivity index (χ1) is 8.54. The average molecular weight is 311 g/mol. The van der Waals surface area contributed by atoms with Crippen LogP contribution in [-0.4, -0.2) is 25.4 Å². The topological polar surface area (TPSA) is 33.3 Å². The molecule has 0 aliphatic rings. The monoisotopic (exact) mass is 310 g/mol. The van der Waals surface area contributed by atoms with E-state index in [1.54, 1.807) is 7.11 Å². The highest BCUT2D eigenvalue weighted by atomic mass is 35.5. The highest BCUT2D eigenvalue weighted by Crippen LogP contribution is 2.27. The number of benzene rings is 1. The van der Waals surface area contributed by atoms with Crippen molar-refractivity contribution in [3.63, 3.8) is 0 Å². The van der Waals surface area contributed by atoms with Gasteiger partial charge in [-0.05, 0) is 30.8 Å². The van der Waals surface area contributed by atoms with Crippen LogP contribution in [0.25, 0.3) is 0 Å². The minimum absolute atomic E-state index is 0.0489. The molecule has 0 aliphatic heterocycles. The molecule has 0 aromatic heterocycles. The SMILES string of the molecule is COCCCNC(=S)Nc1cc(Cl)c(F)c(Cl)c1. The molecule has 3 nitrogen and oxygen atoms in total. The van der Waals surface area contributed by atoms with Gasteiger partial charge in [0.15, 0.2) is 10.9 Å². The zero-order chi connectivity index (χ0) is 13.5. The lowest BCUT2D eigenvalue weighted by Crippen LogP contribution is -2.29. The number of hydrogen-bond donors (Lipinski definition) is 2. The third kappa shape index (κ3) is 4.94. The van der Waals surface area contributed by atoms with Gasteiger partial charge in [-0.25, -0.2) is 4.39 Å². The predicted molar refractivity (Wildman–Crippen MR) is 77.1 cm³/mol. The summed E-state index contributed by atoms with van der Waals surface area (Å²) in [5.41, 5.74) is 0.538. The van der Waals surface area contributed by atoms with Gasteiger partial charge in [0.1, 0.15) is 0 Å². The molecule has 0 aliphatic carbocycles. The second-order valence-electron chi connectivity index (χ2n) is 3.48. The second kappa shape index (κ2) is 7.74. The van der Waals surface area contributed by atoms with E-state index in [2.05, 4.69) is 10.6 Å². The molecule has 0 bridgehead atoms. The molecular weight excluding hydrogens is 298 g/mol. The Morgan fingerprint density at radius 3 is 2.56 bits per heavy atom. The van der Waals surface area contributed by atoms with Gasteiger partial charge in [0.25, 0.3) is 0 Å². The van der Waals surface area contributed by atoms with Gasteiger partial charge in [0.05, 0.1) is 10.0 Å². The molecule has 0 saturated carbocycles. The van der Waals surface area contributed by atoms with Crippen LogP contribution >= 0.6 is 35.4 Å². The molecule has 0 unspecified atom stereocenters. The molecular formula is C11H13Cl2FN2OS. The van der Waals surface area contributed by atoms with E-state index in [1.165, 1.54) is 12.1 Å². The molecule has 0 saturated heterocycles. The largest absolute Gasteiger partial charge is 0.385 e. The molecule has 100 valence electrons. The van der Waals surface area contributed by atoms with Crippen molar-refractivity contribution in [2.45, 2.75) is 6.42 Å². The number of thiocarbonyl (C=S) groups is 1. The van der Waals surface area contributed by atoms with Gasteiger partial charge >= 0.3 is 0 Å². The number of hydrogen-bond acceptors (Lipinski definition) is 2. The van der Waals surface area contributed by atoms with E-state index in [-0.39, 0.29) is 10.0 Å². The van der Waals surface area contributed by atoms with Gasteiger partial charge in [-0.3, -0.25) is 0 Å². The number of anilines is 1. The highest BCUT2D eigenvalue weighted by Gasteiger charge is 2.08. The van der Waals surface area contributed by atoms with E-state index in [9.17, 15) is 4.39 Å². The summed E-state index contributed by atoms with van der Waals surface area (Å²) in [5.74, 6) is -0.636. The fraction of sp³-hybridized carbons (Fsp3) is 0.364. The summed E-state index contributed by atoms with van der Waals surface area (Å²) < 4.78 is 18.1. The summed E-state index contributed by atoms with van der Waals surface area (Å²) in [7, 11) is 1.64. The summed E-state index contributed by atoms with van der Waals surface area (Å²) >= 11 is 16.4. The van der Waals surface area contributed by atoms with Crippen molar-refractivity contribution in [3.8, 4) is 0 Å². The van der Waals surface area contributed by atoms with Gasteiger partial charge in [-0.15, -0.1) is 0 Å². The quantitative estimate of drug-likeness (QED) is 0.496. The van der Waals surface area contributed by atoms with E-state index in [0.717, 1.165) is 6.42 Å². The summed E-state index contributed by atoms with van der Waals surface area (Å²) in [5, 5.41) is 6.17. The Labute approximate surface area is 121 Å². The first-order valence-electron chi connectivity index (χ1n) is 5.23. The first kappa shape index (κ1) is 15.4. The Morgan fingerprint density at radius 2 is 2.00 bits per heavy atom. The van der Waals surface area contributed by atoms with Crippen molar-refractivity contribution < 1.29 is 9.13 Å². The normalized spacial score (nSPS) is 10.2. The number of methoxy groups -OCH3 is 1. The van der Waals surface area contributed by atoms with Gasteiger partial charge in [-0.1, -0.05) is 23.2 Å². The molecule has 1 aromatic carbocycles. The molecule has 2 N–H and O–H groups in total. The summed E-state index contributed by atoms with van der Waals surface area (Å²) in [4.78, 5) is 0. The Morgan fingerprint density at radius 1 is 1.39 bits per heavy atom. The Bertz CT molecular complexity index is 408. The maximum atomic E-state index is 13.2. The third-order valence-corrected chi connectivity index (χ3v) is 2.85. The lowest BCUT2D eigenvalue weighted by Gasteiger charge is -2.11. The van der Waals surface area contributed by atoms with Crippen molar-refractivity contribution in [2.75, 3.05) is 25.6 Å². The van der Waals surface area contributed by atoms with Crippen LogP contribution in [0.1, 0.15) is 6.42 Å². The van der Waals surface area contributed by atoms with E-state index in [1.807, 2.05) is 0 Å². The van der Waals surface area contributed by atoms with Crippen LogP contribution in [-0.2, 0) is 4.74 Å². The molecule has 0 amide bonds. The smallest absolute Gasteiger partial charge is 0.170 e. The van der Waals surface area contributed by atoms with Crippen LogP contribution in [0.2, 0.25) is 10.0 Å². The molecule has 0 spiro atoms. The third-order valence-electron chi connectivity index (χ3n) is 2.05. The molecule has 1 rings (SSSR count). The average Bonchev–Trinajstić information content (AvgIpc) is 2.31. The van der Waals surface area contributed by atoms with Crippen molar-refractivity contribution in [1.29, 1.82) is 0 Å². The van der Waals surface area contributed by atoms with Gasteiger partial charge in [-0.2, -0.15) is 0 Å². The van der Waals surface area contributed by atoms with E-state index in [0.29, 0.717) is 24.0 Å². The number of rotatable bonds is 5. The summed E-state index contributed by atoms with van der Waals surface area (Å²) in [6.45, 7) is 1.34. The fourth-order valence-electron chi connectivity index (χ4n) is 1.22. The van der Waals surface area contributed by atoms with Gasteiger partial charge < -0.3 is 15.4 Å². The van der Waals surface area contributed by atoms with Crippen molar-refractivity contribution >= 4 is 46.2 Å². The Balaban J connectivity index is 2.49. The number of halogens is 3. The Kier molecular flexibility index (Phi) is 6.63. The molecule has 7 heteroatoms. The van der Waals surface area contributed by atoms with Crippen LogP contribution in [0, 0.1) is 5.82 Å². The molecule has 0 radical (unpaired) electrons. The predicted octanol–water partition coefficient (Wildman–Crippen LogP) is 3.46. The van der Waals surface area contributed by atoms with Crippen LogP contribution in [0.3, 0.4) is 0 Å². The maximum absolute atomic E-state index is 13.2. The Hall–Kier alpha value is -0.620. The van der Waals surface area contributed by atoms with Gasteiger partial charge in [0.2, 0.25) is 0 Å². The van der Waals surface area contributed by atoms with E-state index >= 15 is 0 Å². The van der Waals surface area contributed by atoms with Crippen LogP contribution in [0.4, 0.5) is 10.1 Å². The lowest BCUT2D eigenvalue weighted by atomic mass is 10.3. The van der Waals surface area contributed by atoms with Gasteiger partial charge in [0, 0.05) is 25.9 Å². The zero-order valence-electron chi connectivity index (χ0n) is 9.73. The second-order valence-corrected chi connectivity index (χ2v) is 4.70. The summed E-state index contributed by atoms with van der Waals surface area (Å²) in [6, 6.07) is 2.85.